The lowest BCUT2D eigenvalue weighted by Crippen LogP contribution is -2.44. The molecule has 1 saturated carbocycles. The summed E-state index contributed by atoms with van der Waals surface area (Å²) in [5.41, 5.74) is 0.0219. The van der Waals surface area contributed by atoms with E-state index in [9.17, 15) is 4.79 Å². The van der Waals surface area contributed by atoms with Crippen molar-refractivity contribution >= 4 is 6.09 Å². The van der Waals surface area contributed by atoms with E-state index in [4.69, 9.17) is 4.74 Å². The largest absolute Gasteiger partial charge is 0.444 e. The highest BCUT2D eigenvalue weighted by Crippen LogP contribution is 2.34. The number of hydrogen-bond acceptors (Lipinski definition) is 3. The minimum atomic E-state index is -0.427. The van der Waals surface area contributed by atoms with Crippen LogP contribution in [0.15, 0.2) is 0 Å². The average molecular weight is 312 g/mol. The number of rotatable bonds is 6. The van der Waals surface area contributed by atoms with Crippen molar-refractivity contribution in [2.75, 3.05) is 19.6 Å². The van der Waals surface area contributed by atoms with E-state index in [-0.39, 0.29) is 6.09 Å². The first kappa shape index (κ1) is 19.3. The molecule has 1 aliphatic carbocycles. The van der Waals surface area contributed by atoms with E-state index in [1.807, 2.05) is 25.7 Å². The monoisotopic (exact) mass is 312 g/mol. The molecule has 0 aliphatic heterocycles. The number of carbonyl (C=O) groups excluding carboxylic acids is 1. The predicted octanol–water partition coefficient (Wildman–Crippen LogP) is 4.19. The van der Waals surface area contributed by atoms with Crippen LogP contribution in [-0.4, -0.2) is 42.3 Å². The molecule has 0 aromatic heterocycles. The first-order valence-corrected chi connectivity index (χ1v) is 8.84. The van der Waals surface area contributed by atoms with E-state index in [0.29, 0.717) is 11.5 Å². The lowest BCUT2D eigenvalue weighted by Gasteiger charge is -2.36. The van der Waals surface area contributed by atoms with Gasteiger partial charge < -0.3 is 15.0 Å². The highest BCUT2D eigenvalue weighted by molar-refractivity contribution is 5.68. The van der Waals surface area contributed by atoms with Gasteiger partial charge in [0.2, 0.25) is 0 Å². The van der Waals surface area contributed by atoms with E-state index < -0.39 is 5.60 Å². The molecule has 0 aromatic rings. The third-order valence-corrected chi connectivity index (χ3v) is 4.17. The summed E-state index contributed by atoms with van der Waals surface area (Å²) < 4.78 is 5.49. The van der Waals surface area contributed by atoms with Gasteiger partial charge in [-0.05, 0) is 51.9 Å². The number of ether oxygens (including phenoxy) is 1. The summed E-state index contributed by atoms with van der Waals surface area (Å²) in [6, 6.07) is 0.589. The molecule has 0 bridgehead atoms. The van der Waals surface area contributed by atoms with Gasteiger partial charge in [0, 0.05) is 25.7 Å². The molecule has 0 heterocycles. The molecule has 1 atom stereocenters. The van der Waals surface area contributed by atoms with Gasteiger partial charge >= 0.3 is 6.09 Å². The van der Waals surface area contributed by atoms with E-state index in [2.05, 4.69) is 26.1 Å². The molecule has 1 rings (SSSR count). The van der Waals surface area contributed by atoms with Crippen LogP contribution >= 0.6 is 0 Å². The standard InChI is InChI=1S/C18H36N2O2/c1-7-12-20(16(21)22-17(2,3)4)13-11-19-15-9-8-10-18(5,6)14-15/h15,19H,7-14H2,1-6H3. The second-order valence-corrected chi connectivity index (χ2v) is 8.38. The van der Waals surface area contributed by atoms with Crippen molar-refractivity contribution in [3.63, 3.8) is 0 Å². The number of nitrogens with zero attached hydrogens (tertiary/aromatic N) is 1. The maximum atomic E-state index is 12.2. The number of hydrogen-bond donors (Lipinski definition) is 1. The average Bonchev–Trinajstić information content (AvgIpc) is 2.34. The SMILES string of the molecule is CCCN(CCNC1CCCC(C)(C)C1)C(=O)OC(C)(C)C. The summed E-state index contributed by atoms with van der Waals surface area (Å²) in [5.74, 6) is 0. The Hall–Kier alpha value is -0.770. The molecule has 22 heavy (non-hydrogen) atoms. The summed E-state index contributed by atoms with van der Waals surface area (Å²) in [7, 11) is 0. The quantitative estimate of drug-likeness (QED) is 0.799. The lowest BCUT2D eigenvalue weighted by atomic mass is 9.75. The van der Waals surface area contributed by atoms with E-state index in [1.54, 1.807) is 0 Å². The minimum absolute atomic E-state index is 0.194. The first-order valence-electron chi connectivity index (χ1n) is 8.84. The first-order chi connectivity index (χ1) is 10.1. The molecular formula is C18H36N2O2. The van der Waals surface area contributed by atoms with Crippen molar-refractivity contribution in [3.8, 4) is 0 Å². The van der Waals surface area contributed by atoms with Crippen molar-refractivity contribution in [1.29, 1.82) is 0 Å². The fraction of sp³-hybridized carbons (Fsp3) is 0.944. The van der Waals surface area contributed by atoms with Crippen LogP contribution < -0.4 is 5.32 Å². The van der Waals surface area contributed by atoms with Gasteiger partial charge in [0.25, 0.3) is 0 Å². The third kappa shape index (κ3) is 7.48. The molecular weight excluding hydrogens is 276 g/mol. The summed E-state index contributed by atoms with van der Waals surface area (Å²) in [6.07, 6.45) is 5.87. The fourth-order valence-corrected chi connectivity index (χ4v) is 3.17. The van der Waals surface area contributed by atoms with Gasteiger partial charge in [-0.25, -0.2) is 4.79 Å². The van der Waals surface area contributed by atoms with Gasteiger partial charge in [0.15, 0.2) is 0 Å². The van der Waals surface area contributed by atoms with Gasteiger partial charge in [0.1, 0.15) is 5.60 Å². The molecule has 4 nitrogen and oxygen atoms in total. The Balaban J connectivity index is 2.39. The predicted molar refractivity (Wildman–Crippen MR) is 92.1 cm³/mol. The van der Waals surface area contributed by atoms with Crippen molar-refractivity contribution in [2.45, 2.75) is 85.3 Å². The highest BCUT2D eigenvalue weighted by Gasteiger charge is 2.28. The summed E-state index contributed by atoms with van der Waals surface area (Å²) in [6.45, 7) is 14.9. The van der Waals surface area contributed by atoms with Crippen molar-refractivity contribution in [3.05, 3.63) is 0 Å². The molecule has 0 spiro atoms. The molecule has 1 N–H and O–H groups in total. The molecule has 1 fully saturated rings. The van der Waals surface area contributed by atoms with Gasteiger partial charge in [-0.3, -0.25) is 0 Å². The third-order valence-electron chi connectivity index (χ3n) is 4.17. The topological polar surface area (TPSA) is 41.6 Å². The maximum absolute atomic E-state index is 12.2. The maximum Gasteiger partial charge on any atom is 0.410 e. The van der Waals surface area contributed by atoms with Crippen LogP contribution in [0.2, 0.25) is 0 Å². The van der Waals surface area contributed by atoms with Crippen molar-refractivity contribution < 1.29 is 9.53 Å². The van der Waals surface area contributed by atoms with Gasteiger partial charge in [-0.15, -0.1) is 0 Å². The van der Waals surface area contributed by atoms with E-state index in [1.165, 1.54) is 25.7 Å². The summed E-state index contributed by atoms with van der Waals surface area (Å²) in [4.78, 5) is 14.0. The van der Waals surface area contributed by atoms with Crippen molar-refractivity contribution in [1.82, 2.24) is 10.2 Å². The Bertz CT molecular complexity index is 347. The molecule has 130 valence electrons. The summed E-state index contributed by atoms with van der Waals surface area (Å²) >= 11 is 0. The Labute approximate surface area is 137 Å². The zero-order valence-corrected chi connectivity index (χ0v) is 15.5. The highest BCUT2D eigenvalue weighted by atomic mass is 16.6. The molecule has 4 heteroatoms. The zero-order valence-electron chi connectivity index (χ0n) is 15.5. The normalized spacial score (nSPS) is 21.5. The van der Waals surface area contributed by atoms with Gasteiger partial charge in [0.05, 0.1) is 0 Å². The molecule has 0 radical (unpaired) electrons. The Morgan fingerprint density at radius 3 is 2.55 bits per heavy atom. The number of carbonyl (C=O) groups is 1. The Morgan fingerprint density at radius 1 is 1.32 bits per heavy atom. The minimum Gasteiger partial charge on any atom is -0.444 e. The number of amides is 1. The van der Waals surface area contributed by atoms with Crippen LogP contribution in [0.5, 0.6) is 0 Å². The van der Waals surface area contributed by atoms with E-state index in [0.717, 1.165) is 26.1 Å². The smallest absolute Gasteiger partial charge is 0.410 e. The molecule has 1 aliphatic rings. The summed E-state index contributed by atoms with van der Waals surface area (Å²) in [5, 5.41) is 3.63. The molecule has 1 unspecified atom stereocenters. The van der Waals surface area contributed by atoms with Crippen LogP contribution in [0.3, 0.4) is 0 Å². The lowest BCUT2D eigenvalue weighted by molar-refractivity contribution is 0.0248. The van der Waals surface area contributed by atoms with Gasteiger partial charge in [-0.1, -0.05) is 27.2 Å². The second kappa shape index (κ2) is 8.19. The van der Waals surface area contributed by atoms with Crippen LogP contribution in [-0.2, 0) is 4.74 Å². The van der Waals surface area contributed by atoms with E-state index >= 15 is 0 Å². The molecule has 1 amide bonds. The van der Waals surface area contributed by atoms with Crippen LogP contribution in [0.4, 0.5) is 4.79 Å². The second-order valence-electron chi connectivity index (χ2n) is 8.38. The Morgan fingerprint density at radius 2 is 2.00 bits per heavy atom. The van der Waals surface area contributed by atoms with Crippen molar-refractivity contribution in [2.24, 2.45) is 5.41 Å². The molecule has 0 saturated heterocycles. The van der Waals surface area contributed by atoms with Crippen LogP contribution in [0, 0.1) is 5.41 Å². The van der Waals surface area contributed by atoms with Crippen LogP contribution in [0.25, 0.3) is 0 Å². The van der Waals surface area contributed by atoms with Gasteiger partial charge in [-0.2, -0.15) is 0 Å². The van der Waals surface area contributed by atoms with Crippen LogP contribution in [0.1, 0.15) is 73.6 Å². The molecule has 0 aromatic carbocycles. The Kier molecular flexibility index (Phi) is 7.17. The number of nitrogens with one attached hydrogen (secondary N) is 1. The zero-order chi connectivity index (χ0) is 16.8. The fourth-order valence-electron chi connectivity index (χ4n) is 3.17.